The number of anilines is 2. The van der Waals surface area contributed by atoms with E-state index >= 15 is 0 Å². The van der Waals surface area contributed by atoms with Crippen molar-refractivity contribution in [1.82, 2.24) is 0 Å². The van der Waals surface area contributed by atoms with Gasteiger partial charge in [0.25, 0.3) is 0 Å². The van der Waals surface area contributed by atoms with E-state index in [1.54, 1.807) is 11.4 Å². The summed E-state index contributed by atoms with van der Waals surface area (Å²) in [5.74, 6) is 3.73. The molecule has 1 aromatic rings. The predicted molar refractivity (Wildman–Crippen MR) is 122 cm³/mol. The summed E-state index contributed by atoms with van der Waals surface area (Å²) in [7, 11) is 0. The highest BCUT2D eigenvalue weighted by atomic mass is 15.4. The third-order valence-electron chi connectivity index (χ3n) is 9.67. The molecular weight excluding hydrogens is 352 g/mol. The molecule has 0 amide bonds. The molecule has 0 aromatic heterocycles. The van der Waals surface area contributed by atoms with E-state index in [1.165, 1.54) is 77.0 Å². The van der Waals surface area contributed by atoms with Crippen molar-refractivity contribution >= 4 is 11.4 Å². The van der Waals surface area contributed by atoms with Gasteiger partial charge in [-0.2, -0.15) is 0 Å². The highest BCUT2D eigenvalue weighted by Gasteiger charge is 2.53. The lowest BCUT2D eigenvalue weighted by molar-refractivity contribution is 0.0943. The molecule has 4 aliphatic carbocycles. The fraction of sp³-hybridized carbons (Fsp3) is 0.778. The number of fused-ring (bicyclic) bond motifs is 5. The van der Waals surface area contributed by atoms with E-state index in [4.69, 9.17) is 0 Å². The van der Waals surface area contributed by atoms with Gasteiger partial charge >= 0.3 is 0 Å². The largest absolute Gasteiger partial charge is 0.346 e. The van der Waals surface area contributed by atoms with Crippen molar-refractivity contribution in [2.45, 2.75) is 102 Å². The third-order valence-corrected chi connectivity index (χ3v) is 9.67. The highest BCUT2D eigenvalue weighted by Crippen LogP contribution is 2.57. The lowest BCUT2D eigenvalue weighted by atomic mass is 9.63. The van der Waals surface area contributed by atoms with Crippen molar-refractivity contribution in [2.24, 2.45) is 23.7 Å². The number of benzene rings is 1. The molecule has 0 spiro atoms. The molecule has 5 aliphatic rings. The van der Waals surface area contributed by atoms with E-state index in [1.807, 2.05) is 0 Å². The average molecular weight is 393 g/mol. The summed E-state index contributed by atoms with van der Waals surface area (Å²) in [6.45, 7) is 6.22. The maximum absolute atomic E-state index is 2.93. The van der Waals surface area contributed by atoms with Crippen LogP contribution in [0.15, 0.2) is 24.3 Å². The Morgan fingerprint density at radius 2 is 1.21 bits per heavy atom. The maximum atomic E-state index is 2.93. The minimum Gasteiger partial charge on any atom is -0.346 e. The maximum Gasteiger partial charge on any atom is 0.0915 e. The van der Waals surface area contributed by atoms with E-state index in [0.717, 1.165) is 30.3 Å². The molecule has 2 heteroatoms. The molecule has 6 rings (SSSR count). The first-order valence-electron chi connectivity index (χ1n) is 12.7. The van der Waals surface area contributed by atoms with Crippen LogP contribution in [-0.2, 0) is 0 Å². The second kappa shape index (κ2) is 6.66. The summed E-state index contributed by atoms with van der Waals surface area (Å²) in [6.07, 6.45) is 17.4. The van der Waals surface area contributed by atoms with E-state index < -0.39 is 0 Å². The quantitative estimate of drug-likeness (QED) is 0.535. The number of rotatable bonds is 2. The summed E-state index contributed by atoms with van der Waals surface area (Å²) < 4.78 is 0. The molecule has 1 aromatic carbocycles. The van der Waals surface area contributed by atoms with E-state index in [2.05, 4.69) is 47.9 Å². The minimum absolute atomic E-state index is 0.427. The second-order valence-electron chi connectivity index (χ2n) is 11.9. The van der Waals surface area contributed by atoms with Gasteiger partial charge in [0.05, 0.1) is 18.0 Å². The first-order chi connectivity index (χ1) is 14.1. The summed E-state index contributed by atoms with van der Waals surface area (Å²) in [4.78, 5) is 5.86. The van der Waals surface area contributed by atoms with Crippen molar-refractivity contribution < 1.29 is 0 Å². The monoisotopic (exact) mass is 392 g/mol. The molecule has 0 radical (unpaired) electrons. The molecule has 1 heterocycles. The molecule has 4 bridgehead atoms. The van der Waals surface area contributed by atoms with Gasteiger partial charge in [0.15, 0.2) is 0 Å². The minimum atomic E-state index is 0.427. The van der Waals surface area contributed by atoms with Gasteiger partial charge in [-0.05, 0) is 87.2 Å². The van der Waals surface area contributed by atoms with Gasteiger partial charge < -0.3 is 9.80 Å². The fourth-order valence-electron chi connectivity index (χ4n) is 9.03. The first-order valence-corrected chi connectivity index (χ1v) is 12.7. The number of hydrogen-bond donors (Lipinski definition) is 0. The number of para-hydroxylation sites is 2. The number of nitrogens with zero attached hydrogens (tertiary/aromatic N) is 2. The van der Waals surface area contributed by atoms with Crippen molar-refractivity contribution in [3.8, 4) is 0 Å². The molecule has 6 unspecified atom stereocenters. The SMILES string of the molecule is CC1CC2CCCC(N3CN(C45CCCC(CC(C)C4)C5)c4ccccc43)(C1)C2. The van der Waals surface area contributed by atoms with Crippen LogP contribution in [0.1, 0.15) is 90.9 Å². The number of hydrogen-bond acceptors (Lipinski definition) is 2. The summed E-state index contributed by atoms with van der Waals surface area (Å²) >= 11 is 0. The zero-order valence-corrected chi connectivity index (χ0v) is 18.7. The van der Waals surface area contributed by atoms with Crippen LogP contribution in [0, 0.1) is 23.7 Å². The smallest absolute Gasteiger partial charge is 0.0915 e. The molecule has 0 saturated heterocycles. The van der Waals surface area contributed by atoms with Gasteiger partial charge in [-0.3, -0.25) is 0 Å². The average Bonchev–Trinajstić information content (AvgIpc) is 3.08. The molecule has 1 aliphatic heterocycles. The van der Waals surface area contributed by atoms with Crippen LogP contribution < -0.4 is 9.80 Å². The molecule has 6 atom stereocenters. The molecule has 4 saturated carbocycles. The Hall–Kier alpha value is -1.18. The van der Waals surface area contributed by atoms with Crippen molar-refractivity contribution in [1.29, 1.82) is 0 Å². The van der Waals surface area contributed by atoms with Gasteiger partial charge in [-0.25, -0.2) is 0 Å². The van der Waals surface area contributed by atoms with Gasteiger partial charge in [0, 0.05) is 11.1 Å². The normalized spacial score (nSPS) is 43.9. The van der Waals surface area contributed by atoms with Crippen LogP contribution in [0.25, 0.3) is 0 Å². The zero-order chi connectivity index (χ0) is 19.6. The van der Waals surface area contributed by atoms with Gasteiger partial charge in [0.2, 0.25) is 0 Å². The van der Waals surface area contributed by atoms with Crippen LogP contribution in [0.3, 0.4) is 0 Å². The van der Waals surface area contributed by atoms with Crippen molar-refractivity contribution in [3.63, 3.8) is 0 Å². The second-order valence-corrected chi connectivity index (χ2v) is 11.9. The Labute approximate surface area is 178 Å². The van der Waals surface area contributed by atoms with E-state index in [0.29, 0.717) is 11.1 Å². The summed E-state index contributed by atoms with van der Waals surface area (Å²) in [5.41, 5.74) is 3.99. The van der Waals surface area contributed by atoms with Crippen LogP contribution in [0.2, 0.25) is 0 Å². The summed E-state index contributed by atoms with van der Waals surface area (Å²) in [6, 6.07) is 9.50. The molecule has 4 fully saturated rings. The Balaban J connectivity index is 1.39. The Morgan fingerprint density at radius 1 is 0.724 bits per heavy atom. The van der Waals surface area contributed by atoms with Crippen LogP contribution in [-0.4, -0.2) is 17.7 Å². The van der Waals surface area contributed by atoms with Crippen LogP contribution >= 0.6 is 0 Å². The van der Waals surface area contributed by atoms with Gasteiger partial charge in [-0.1, -0.05) is 51.7 Å². The molecule has 29 heavy (non-hydrogen) atoms. The van der Waals surface area contributed by atoms with Crippen molar-refractivity contribution in [3.05, 3.63) is 24.3 Å². The zero-order valence-electron chi connectivity index (χ0n) is 18.7. The van der Waals surface area contributed by atoms with Gasteiger partial charge in [0.1, 0.15) is 0 Å². The van der Waals surface area contributed by atoms with E-state index in [9.17, 15) is 0 Å². The molecular formula is C27H40N2. The molecule has 2 nitrogen and oxygen atoms in total. The molecule has 158 valence electrons. The van der Waals surface area contributed by atoms with Crippen LogP contribution in [0.4, 0.5) is 11.4 Å². The standard InChI is InChI=1S/C27H40N2/c1-20-13-22-7-5-11-26(15-20,17-22)28-19-29(25-10-4-3-9-24(25)28)27-12-6-8-23(18-27)14-21(2)16-27/h3-4,9-10,20-23H,5-8,11-19H2,1-2H3. The molecule has 0 N–H and O–H groups in total. The predicted octanol–water partition coefficient (Wildman–Crippen LogP) is 6.99. The first kappa shape index (κ1) is 18.6. The lowest BCUT2D eigenvalue weighted by Gasteiger charge is -2.56. The van der Waals surface area contributed by atoms with E-state index in [-0.39, 0.29) is 0 Å². The topological polar surface area (TPSA) is 6.48 Å². The van der Waals surface area contributed by atoms with Crippen LogP contribution in [0.5, 0.6) is 0 Å². The third kappa shape index (κ3) is 2.87. The summed E-state index contributed by atoms with van der Waals surface area (Å²) in [5, 5.41) is 0. The van der Waals surface area contributed by atoms with Gasteiger partial charge in [-0.15, -0.1) is 0 Å². The fourth-order valence-corrected chi connectivity index (χ4v) is 9.03. The lowest BCUT2D eigenvalue weighted by Crippen LogP contribution is -2.60. The Bertz CT molecular complexity index is 703. The Kier molecular flexibility index (Phi) is 4.27. The highest BCUT2D eigenvalue weighted by molar-refractivity contribution is 5.78. The Morgan fingerprint density at radius 3 is 1.69 bits per heavy atom. The van der Waals surface area contributed by atoms with Crippen molar-refractivity contribution in [2.75, 3.05) is 16.5 Å².